The molecular weight excluding hydrogens is 216 g/mol. The molecule has 1 aliphatic rings. The standard InChI is InChI=1S/C12H18N4O/c1-2-15-5-7-16(8-6-15)12(17)10-9-14-4-3-11(10)13/h3-4,9H,2,5-8H2,1H3,(H2,13,14). The third-order valence-electron chi connectivity index (χ3n) is 3.19. The molecule has 0 saturated carbocycles. The molecule has 0 aromatic carbocycles. The Bertz CT molecular complexity index is 399. The zero-order valence-electron chi connectivity index (χ0n) is 10.1. The summed E-state index contributed by atoms with van der Waals surface area (Å²) in [6.07, 6.45) is 3.14. The van der Waals surface area contributed by atoms with Crippen molar-refractivity contribution in [3.8, 4) is 0 Å². The summed E-state index contributed by atoms with van der Waals surface area (Å²) in [5.74, 6) is -0.00801. The number of nitrogens with two attached hydrogens (primary N) is 1. The highest BCUT2D eigenvalue weighted by Gasteiger charge is 2.22. The Balaban J connectivity index is 2.04. The number of likely N-dealkylation sites (N-methyl/N-ethyl adjacent to an activating group) is 1. The molecule has 0 aliphatic carbocycles. The van der Waals surface area contributed by atoms with E-state index in [1.54, 1.807) is 18.5 Å². The van der Waals surface area contributed by atoms with Crippen LogP contribution in [0.1, 0.15) is 17.3 Å². The van der Waals surface area contributed by atoms with Gasteiger partial charge in [-0.3, -0.25) is 9.78 Å². The lowest BCUT2D eigenvalue weighted by atomic mass is 10.2. The van der Waals surface area contributed by atoms with Crippen LogP contribution in [-0.2, 0) is 0 Å². The second kappa shape index (κ2) is 5.14. The van der Waals surface area contributed by atoms with Crippen molar-refractivity contribution in [2.75, 3.05) is 38.5 Å². The minimum Gasteiger partial charge on any atom is -0.398 e. The molecule has 1 saturated heterocycles. The number of amides is 1. The van der Waals surface area contributed by atoms with Crippen molar-refractivity contribution in [1.29, 1.82) is 0 Å². The Hall–Kier alpha value is -1.62. The van der Waals surface area contributed by atoms with Crippen molar-refractivity contribution in [2.45, 2.75) is 6.92 Å². The summed E-state index contributed by atoms with van der Waals surface area (Å²) in [5.41, 5.74) is 6.80. The van der Waals surface area contributed by atoms with Crippen LogP contribution >= 0.6 is 0 Å². The summed E-state index contributed by atoms with van der Waals surface area (Å²) in [6, 6.07) is 1.66. The first-order valence-electron chi connectivity index (χ1n) is 5.93. The summed E-state index contributed by atoms with van der Waals surface area (Å²) < 4.78 is 0. The Morgan fingerprint density at radius 3 is 2.71 bits per heavy atom. The average Bonchev–Trinajstić information content (AvgIpc) is 2.39. The zero-order chi connectivity index (χ0) is 12.3. The highest BCUT2D eigenvalue weighted by Crippen LogP contribution is 2.13. The number of anilines is 1. The fourth-order valence-corrected chi connectivity index (χ4v) is 2.02. The van der Waals surface area contributed by atoms with Crippen molar-refractivity contribution < 1.29 is 4.79 Å². The maximum atomic E-state index is 12.2. The predicted molar refractivity (Wildman–Crippen MR) is 66.7 cm³/mol. The fraction of sp³-hybridized carbons (Fsp3) is 0.500. The maximum Gasteiger partial charge on any atom is 0.257 e. The Labute approximate surface area is 101 Å². The molecule has 0 spiro atoms. The molecule has 92 valence electrons. The van der Waals surface area contributed by atoms with Crippen molar-refractivity contribution in [2.24, 2.45) is 0 Å². The second-order valence-corrected chi connectivity index (χ2v) is 4.19. The average molecular weight is 234 g/mol. The van der Waals surface area contributed by atoms with E-state index in [4.69, 9.17) is 5.73 Å². The van der Waals surface area contributed by atoms with Gasteiger partial charge in [0.15, 0.2) is 0 Å². The van der Waals surface area contributed by atoms with E-state index >= 15 is 0 Å². The quantitative estimate of drug-likeness (QED) is 0.806. The maximum absolute atomic E-state index is 12.2. The van der Waals surface area contributed by atoms with Crippen LogP contribution in [0.4, 0.5) is 5.69 Å². The van der Waals surface area contributed by atoms with Crippen molar-refractivity contribution in [3.63, 3.8) is 0 Å². The van der Waals surface area contributed by atoms with Crippen LogP contribution in [-0.4, -0.2) is 53.4 Å². The molecule has 1 amide bonds. The Morgan fingerprint density at radius 1 is 1.41 bits per heavy atom. The summed E-state index contributed by atoms with van der Waals surface area (Å²) in [5, 5.41) is 0. The van der Waals surface area contributed by atoms with Gasteiger partial charge in [-0.05, 0) is 12.6 Å². The fourth-order valence-electron chi connectivity index (χ4n) is 2.02. The van der Waals surface area contributed by atoms with Gasteiger partial charge in [-0.25, -0.2) is 0 Å². The van der Waals surface area contributed by atoms with Crippen molar-refractivity contribution in [1.82, 2.24) is 14.8 Å². The lowest BCUT2D eigenvalue weighted by Gasteiger charge is -2.34. The molecule has 1 aliphatic heterocycles. The van der Waals surface area contributed by atoms with E-state index in [9.17, 15) is 4.79 Å². The smallest absolute Gasteiger partial charge is 0.257 e. The lowest BCUT2D eigenvalue weighted by molar-refractivity contribution is 0.0644. The van der Waals surface area contributed by atoms with E-state index in [-0.39, 0.29) is 5.91 Å². The van der Waals surface area contributed by atoms with E-state index in [1.807, 2.05) is 4.90 Å². The van der Waals surface area contributed by atoms with Crippen LogP contribution in [0.2, 0.25) is 0 Å². The molecule has 1 aromatic rings. The van der Waals surface area contributed by atoms with E-state index in [2.05, 4.69) is 16.8 Å². The highest BCUT2D eigenvalue weighted by molar-refractivity contribution is 5.98. The first-order valence-corrected chi connectivity index (χ1v) is 5.93. The number of pyridine rings is 1. The van der Waals surface area contributed by atoms with Gasteiger partial charge in [-0.1, -0.05) is 6.92 Å². The van der Waals surface area contributed by atoms with E-state index in [1.165, 1.54) is 0 Å². The summed E-state index contributed by atoms with van der Waals surface area (Å²) in [6.45, 7) is 6.57. The summed E-state index contributed by atoms with van der Waals surface area (Å²) >= 11 is 0. The van der Waals surface area contributed by atoms with Gasteiger partial charge in [-0.15, -0.1) is 0 Å². The molecule has 17 heavy (non-hydrogen) atoms. The third kappa shape index (κ3) is 2.55. The Kier molecular flexibility index (Phi) is 3.58. The molecule has 0 radical (unpaired) electrons. The number of hydrogen-bond acceptors (Lipinski definition) is 4. The van der Waals surface area contributed by atoms with Gasteiger partial charge in [0.05, 0.1) is 5.56 Å². The number of nitrogens with zero attached hydrogens (tertiary/aromatic N) is 3. The van der Waals surface area contributed by atoms with E-state index < -0.39 is 0 Å². The van der Waals surface area contributed by atoms with Crippen LogP contribution in [0.25, 0.3) is 0 Å². The minimum atomic E-state index is -0.00801. The van der Waals surface area contributed by atoms with E-state index in [0.717, 1.165) is 32.7 Å². The van der Waals surface area contributed by atoms with Gasteiger partial charge < -0.3 is 15.5 Å². The topological polar surface area (TPSA) is 62.5 Å². The first-order chi connectivity index (χ1) is 8.22. The van der Waals surface area contributed by atoms with E-state index in [0.29, 0.717) is 11.3 Å². The van der Waals surface area contributed by atoms with Crippen LogP contribution in [0, 0.1) is 0 Å². The number of aromatic nitrogens is 1. The number of hydrogen-bond donors (Lipinski definition) is 1. The molecule has 0 unspecified atom stereocenters. The molecule has 1 fully saturated rings. The zero-order valence-corrected chi connectivity index (χ0v) is 10.1. The lowest BCUT2D eigenvalue weighted by Crippen LogP contribution is -2.48. The number of carbonyl (C=O) groups is 1. The molecule has 2 rings (SSSR count). The molecule has 1 aromatic heterocycles. The van der Waals surface area contributed by atoms with Gasteiger partial charge >= 0.3 is 0 Å². The van der Waals surface area contributed by atoms with Crippen molar-refractivity contribution >= 4 is 11.6 Å². The van der Waals surface area contributed by atoms with Crippen LogP contribution in [0.5, 0.6) is 0 Å². The van der Waals surface area contributed by atoms with Gasteiger partial charge in [0.1, 0.15) is 0 Å². The van der Waals surface area contributed by atoms with Crippen molar-refractivity contribution in [3.05, 3.63) is 24.0 Å². The third-order valence-corrected chi connectivity index (χ3v) is 3.19. The van der Waals surface area contributed by atoms with Crippen LogP contribution in [0.3, 0.4) is 0 Å². The molecule has 2 heterocycles. The first kappa shape index (κ1) is 11.9. The SMILES string of the molecule is CCN1CCN(C(=O)c2cnccc2N)CC1. The monoisotopic (exact) mass is 234 g/mol. The number of rotatable bonds is 2. The van der Waals surface area contributed by atoms with Gasteiger partial charge in [0.2, 0.25) is 0 Å². The molecular formula is C12H18N4O. The van der Waals surface area contributed by atoms with Gasteiger partial charge in [-0.2, -0.15) is 0 Å². The number of piperazine rings is 1. The minimum absolute atomic E-state index is 0.00801. The highest BCUT2D eigenvalue weighted by atomic mass is 16.2. The predicted octanol–water partition coefficient (Wildman–Crippen LogP) is 0.442. The largest absolute Gasteiger partial charge is 0.398 e. The second-order valence-electron chi connectivity index (χ2n) is 4.19. The molecule has 5 heteroatoms. The Morgan fingerprint density at radius 2 is 2.12 bits per heavy atom. The van der Waals surface area contributed by atoms with Crippen LogP contribution in [0.15, 0.2) is 18.5 Å². The summed E-state index contributed by atoms with van der Waals surface area (Å²) in [7, 11) is 0. The molecule has 5 nitrogen and oxygen atoms in total. The number of nitrogen functional groups attached to an aromatic ring is 1. The number of carbonyl (C=O) groups excluding carboxylic acids is 1. The molecule has 0 bridgehead atoms. The van der Waals surface area contributed by atoms with Crippen LogP contribution < -0.4 is 5.73 Å². The van der Waals surface area contributed by atoms with Gasteiger partial charge in [0.25, 0.3) is 5.91 Å². The van der Waals surface area contributed by atoms with Gasteiger partial charge in [0, 0.05) is 44.3 Å². The summed E-state index contributed by atoms with van der Waals surface area (Å²) in [4.78, 5) is 20.3. The normalized spacial score (nSPS) is 17.1. The molecule has 0 atom stereocenters. The molecule has 2 N–H and O–H groups in total.